The number of imide groups is 2. The molecule has 0 unspecified atom stereocenters. The van der Waals surface area contributed by atoms with Crippen LogP contribution in [0.4, 0.5) is 16.2 Å². The van der Waals surface area contributed by atoms with Gasteiger partial charge >= 0.3 is 6.03 Å². The molecule has 0 bridgehead atoms. The number of hydrogen-bond donors (Lipinski definition) is 3. The number of rotatable bonds is 5. The Morgan fingerprint density at radius 1 is 1.32 bits per heavy atom. The lowest BCUT2D eigenvalue weighted by atomic mass is 10.2. The van der Waals surface area contributed by atoms with Crippen molar-refractivity contribution in [2.24, 2.45) is 0 Å². The van der Waals surface area contributed by atoms with Crippen LogP contribution in [0.25, 0.3) is 0 Å². The molecule has 0 radical (unpaired) electrons. The van der Waals surface area contributed by atoms with Crippen molar-refractivity contribution >= 4 is 29.2 Å². The molecule has 10 heteroatoms. The average molecular weight is 345 g/mol. The fourth-order valence-corrected chi connectivity index (χ4v) is 1.64. The lowest BCUT2D eigenvalue weighted by Gasteiger charge is -2.07. The summed E-state index contributed by atoms with van der Waals surface area (Å²) in [5.74, 6) is -1.58. The van der Waals surface area contributed by atoms with E-state index in [-0.39, 0.29) is 12.1 Å². The third kappa shape index (κ3) is 5.76. The van der Waals surface area contributed by atoms with Gasteiger partial charge in [-0.25, -0.2) is 4.79 Å². The van der Waals surface area contributed by atoms with E-state index in [1.807, 2.05) is 10.6 Å². The van der Waals surface area contributed by atoms with Crippen LogP contribution < -0.4 is 16.0 Å². The quantitative estimate of drug-likeness (QED) is 0.316. The number of anilines is 1. The van der Waals surface area contributed by atoms with Crippen LogP contribution in [0, 0.1) is 28.4 Å². The molecule has 4 amide bonds. The van der Waals surface area contributed by atoms with Gasteiger partial charge in [0.05, 0.1) is 4.92 Å². The molecule has 130 valence electrons. The molecule has 0 aromatic heterocycles. The van der Waals surface area contributed by atoms with Gasteiger partial charge in [-0.05, 0) is 18.6 Å². The Morgan fingerprint density at radius 3 is 2.52 bits per heavy atom. The van der Waals surface area contributed by atoms with Gasteiger partial charge in [-0.2, -0.15) is 5.26 Å². The van der Waals surface area contributed by atoms with Crippen molar-refractivity contribution in [3.8, 4) is 6.07 Å². The van der Waals surface area contributed by atoms with E-state index in [9.17, 15) is 24.5 Å². The van der Waals surface area contributed by atoms with Gasteiger partial charge in [-0.3, -0.25) is 30.3 Å². The highest BCUT2D eigenvalue weighted by Gasteiger charge is 2.14. The molecule has 1 aromatic rings. The van der Waals surface area contributed by atoms with Crippen molar-refractivity contribution in [1.29, 1.82) is 5.26 Å². The largest absolute Gasteiger partial charge is 0.360 e. The van der Waals surface area contributed by atoms with Gasteiger partial charge in [-0.1, -0.05) is 6.92 Å². The third-order valence-electron chi connectivity index (χ3n) is 2.96. The second kappa shape index (κ2) is 8.78. The van der Waals surface area contributed by atoms with Crippen LogP contribution >= 0.6 is 0 Å². The first-order valence-electron chi connectivity index (χ1n) is 7.05. The Balaban J connectivity index is 2.81. The highest BCUT2D eigenvalue weighted by molar-refractivity contribution is 6.09. The van der Waals surface area contributed by atoms with E-state index < -0.39 is 28.3 Å². The Hall–Kier alpha value is -3.74. The Bertz CT molecular complexity index is 794. The highest BCUT2D eigenvalue weighted by Crippen LogP contribution is 2.21. The van der Waals surface area contributed by atoms with Gasteiger partial charge in [-0.15, -0.1) is 0 Å². The molecule has 0 aliphatic heterocycles. The smallest absolute Gasteiger partial charge is 0.328 e. The van der Waals surface area contributed by atoms with Crippen molar-refractivity contribution in [2.75, 3.05) is 5.32 Å². The number of hydrogen-bond acceptors (Lipinski definition) is 7. The van der Waals surface area contributed by atoms with Crippen LogP contribution in [-0.4, -0.2) is 22.8 Å². The summed E-state index contributed by atoms with van der Waals surface area (Å²) in [6, 6.07) is 4.58. The fourth-order valence-electron chi connectivity index (χ4n) is 1.64. The molecule has 0 aliphatic rings. The molecule has 0 spiro atoms. The van der Waals surface area contributed by atoms with Crippen molar-refractivity contribution < 1.29 is 19.3 Å². The van der Waals surface area contributed by atoms with Crippen LogP contribution in [0.2, 0.25) is 0 Å². The summed E-state index contributed by atoms with van der Waals surface area (Å²) in [6.07, 6.45) is 1.11. The molecular formula is C15H15N5O5. The first kappa shape index (κ1) is 19.3. The number of nitro groups is 1. The second-order valence-corrected chi connectivity index (χ2v) is 4.76. The Morgan fingerprint density at radius 2 is 2.00 bits per heavy atom. The lowest BCUT2D eigenvalue weighted by molar-refractivity contribution is -0.384. The van der Waals surface area contributed by atoms with Gasteiger partial charge < -0.3 is 5.32 Å². The molecule has 1 rings (SSSR count). The van der Waals surface area contributed by atoms with Crippen molar-refractivity contribution in [2.45, 2.75) is 20.3 Å². The number of nitriles is 1. The van der Waals surface area contributed by atoms with E-state index in [1.165, 1.54) is 25.1 Å². The van der Waals surface area contributed by atoms with Crippen molar-refractivity contribution in [3.05, 3.63) is 45.6 Å². The maximum atomic E-state index is 11.8. The zero-order valence-electron chi connectivity index (χ0n) is 13.5. The minimum atomic E-state index is -1.04. The molecule has 3 N–H and O–H groups in total. The van der Waals surface area contributed by atoms with E-state index in [0.29, 0.717) is 11.3 Å². The van der Waals surface area contributed by atoms with E-state index in [4.69, 9.17) is 5.26 Å². The van der Waals surface area contributed by atoms with Crippen LogP contribution in [0.15, 0.2) is 30.0 Å². The molecule has 0 aliphatic carbocycles. The first-order valence-corrected chi connectivity index (χ1v) is 7.05. The molecule has 0 atom stereocenters. The molecule has 0 saturated heterocycles. The van der Waals surface area contributed by atoms with Crippen molar-refractivity contribution in [1.82, 2.24) is 10.6 Å². The number of nitrogens with one attached hydrogen (secondary N) is 3. The lowest BCUT2D eigenvalue weighted by Crippen LogP contribution is -2.42. The Kier molecular flexibility index (Phi) is 6.78. The summed E-state index contributed by atoms with van der Waals surface area (Å²) in [7, 11) is 0. The normalized spacial score (nSPS) is 10.4. The predicted molar refractivity (Wildman–Crippen MR) is 87.1 cm³/mol. The minimum Gasteiger partial charge on any atom is -0.360 e. The zero-order valence-corrected chi connectivity index (χ0v) is 13.5. The number of carbonyl (C=O) groups is 3. The topological polar surface area (TPSA) is 154 Å². The summed E-state index contributed by atoms with van der Waals surface area (Å²) in [5.41, 5.74) is 0.450. The molecule has 0 saturated carbocycles. The van der Waals surface area contributed by atoms with Crippen LogP contribution in [0.3, 0.4) is 0 Å². The highest BCUT2D eigenvalue weighted by atomic mass is 16.6. The molecule has 10 nitrogen and oxygen atoms in total. The zero-order chi connectivity index (χ0) is 19.0. The average Bonchev–Trinajstić information content (AvgIpc) is 2.55. The van der Waals surface area contributed by atoms with Gasteiger partial charge in [0.15, 0.2) is 0 Å². The second-order valence-electron chi connectivity index (χ2n) is 4.76. The van der Waals surface area contributed by atoms with Crippen LogP contribution in [0.5, 0.6) is 0 Å². The van der Waals surface area contributed by atoms with Crippen molar-refractivity contribution in [3.63, 3.8) is 0 Å². The monoisotopic (exact) mass is 345 g/mol. The SMILES string of the molecule is CCC(=O)NC(=O)NC(=O)/C(C#N)=C\Nc1ccc([N+](=O)[O-])cc1C. The number of benzene rings is 1. The molecule has 1 aromatic carbocycles. The maximum Gasteiger partial charge on any atom is 0.328 e. The summed E-state index contributed by atoms with van der Waals surface area (Å²) in [5, 5.41) is 26.1. The van der Waals surface area contributed by atoms with Gasteiger partial charge in [0.1, 0.15) is 11.6 Å². The van der Waals surface area contributed by atoms with E-state index in [2.05, 4.69) is 5.32 Å². The fraction of sp³-hybridized carbons (Fsp3) is 0.200. The number of carbonyl (C=O) groups excluding carboxylic acids is 3. The maximum absolute atomic E-state index is 11.8. The Labute approximate surface area is 142 Å². The molecule has 0 fully saturated rings. The molecular weight excluding hydrogens is 330 g/mol. The molecule has 0 heterocycles. The van der Waals surface area contributed by atoms with E-state index >= 15 is 0 Å². The molecule has 25 heavy (non-hydrogen) atoms. The van der Waals surface area contributed by atoms with E-state index in [1.54, 1.807) is 13.0 Å². The number of aryl methyl sites for hydroxylation is 1. The summed E-state index contributed by atoms with van der Waals surface area (Å²) >= 11 is 0. The standard InChI is InChI=1S/C15H15N5O5/c1-3-13(21)18-15(23)19-14(22)10(7-16)8-17-12-5-4-11(20(24)25)6-9(12)2/h4-6,8,17H,3H2,1-2H3,(H2,18,19,21,22,23)/b10-8-. The number of non-ortho nitro benzene ring substituents is 1. The number of amides is 4. The summed E-state index contributed by atoms with van der Waals surface area (Å²) < 4.78 is 0. The number of urea groups is 1. The third-order valence-corrected chi connectivity index (χ3v) is 2.96. The predicted octanol–water partition coefficient (Wildman–Crippen LogP) is 1.48. The van der Waals surface area contributed by atoms with Crippen LogP contribution in [-0.2, 0) is 9.59 Å². The van der Waals surface area contributed by atoms with E-state index in [0.717, 1.165) is 6.20 Å². The van der Waals surface area contributed by atoms with Gasteiger partial charge in [0, 0.05) is 30.4 Å². The minimum absolute atomic E-state index is 0.0591. The van der Waals surface area contributed by atoms with Gasteiger partial charge in [0.25, 0.3) is 11.6 Å². The summed E-state index contributed by atoms with van der Waals surface area (Å²) in [6.45, 7) is 3.14. The summed E-state index contributed by atoms with van der Waals surface area (Å²) in [4.78, 5) is 44.4. The first-order chi connectivity index (χ1) is 11.8. The number of nitro benzene ring substituents is 1. The van der Waals surface area contributed by atoms with Gasteiger partial charge in [0.2, 0.25) is 5.91 Å². The number of nitrogens with zero attached hydrogens (tertiary/aromatic N) is 2. The van der Waals surface area contributed by atoms with Crippen LogP contribution in [0.1, 0.15) is 18.9 Å².